The molecule has 28 heavy (non-hydrogen) atoms. The molecule has 2 aliphatic rings. The molecule has 1 spiro atoms. The number of nitrogens with one attached hydrogen (secondary N) is 1. The van der Waals surface area contributed by atoms with Gasteiger partial charge in [-0.25, -0.2) is 9.37 Å². The number of thioether (sulfide) groups is 1. The molecule has 0 aliphatic carbocycles. The van der Waals surface area contributed by atoms with Crippen molar-refractivity contribution in [3.8, 4) is 0 Å². The third-order valence-electron chi connectivity index (χ3n) is 6.00. The summed E-state index contributed by atoms with van der Waals surface area (Å²) in [5, 5.41) is 4.11. The Bertz CT molecular complexity index is 910. The smallest absolute Gasteiger partial charge is 0.261 e. The number of nitrogens with zero attached hydrogens (tertiary/aromatic N) is 2. The number of piperidine rings is 1. The van der Waals surface area contributed by atoms with Crippen LogP contribution in [-0.2, 0) is 5.41 Å². The second-order valence-corrected chi connectivity index (χ2v) is 8.14. The average Bonchev–Trinajstić information content (AvgIpc) is 2.97. The summed E-state index contributed by atoms with van der Waals surface area (Å²) in [4.78, 5) is 19.9. The fraction of sp³-hybridized carbons (Fsp3) is 0.364. The van der Waals surface area contributed by atoms with Crippen molar-refractivity contribution >= 4 is 23.4 Å². The molecule has 0 radical (unpaired) electrons. The molecule has 0 saturated carbocycles. The molecule has 1 atom stereocenters. The lowest BCUT2D eigenvalue weighted by molar-refractivity contribution is 0.0961. The highest BCUT2D eigenvalue weighted by molar-refractivity contribution is 7.98. The van der Waals surface area contributed by atoms with Crippen LogP contribution in [0.4, 0.5) is 10.1 Å². The lowest BCUT2D eigenvalue weighted by Crippen LogP contribution is -2.51. The van der Waals surface area contributed by atoms with Crippen molar-refractivity contribution in [3.05, 3.63) is 66.1 Å². The predicted molar refractivity (Wildman–Crippen MR) is 112 cm³/mol. The Balaban J connectivity index is 1.88. The summed E-state index contributed by atoms with van der Waals surface area (Å²) >= 11 is 1.46. The SMILES string of the molecule is C=CCC1N(C(=O)c2cccnc2SC)c2ccc(F)cc2C12CCNCC2. The van der Waals surface area contributed by atoms with Crippen molar-refractivity contribution in [3.63, 3.8) is 0 Å². The molecule has 2 aliphatic heterocycles. The van der Waals surface area contributed by atoms with E-state index in [-0.39, 0.29) is 23.2 Å². The Morgan fingerprint density at radius 1 is 1.43 bits per heavy atom. The summed E-state index contributed by atoms with van der Waals surface area (Å²) < 4.78 is 14.2. The zero-order chi connectivity index (χ0) is 19.7. The van der Waals surface area contributed by atoms with Gasteiger partial charge in [0.2, 0.25) is 0 Å². The Labute approximate surface area is 169 Å². The fourth-order valence-corrected chi connectivity index (χ4v) is 5.31. The van der Waals surface area contributed by atoms with Gasteiger partial charge in [0, 0.05) is 17.3 Å². The van der Waals surface area contributed by atoms with Gasteiger partial charge in [0.15, 0.2) is 0 Å². The van der Waals surface area contributed by atoms with Crippen molar-refractivity contribution < 1.29 is 9.18 Å². The number of pyridine rings is 1. The van der Waals surface area contributed by atoms with E-state index in [4.69, 9.17) is 0 Å². The van der Waals surface area contributed by atoms with E-state index >= 15 is 0 Å². The van der Waals surface area contributed by atoms with Crippen molar-refractivity contribution in [1.82, 2.24) is 10.3 Å². The molecule has 1 aromatic heterocycles. The number of carbonyl (C=O) groups is 1. The van der Waals surface area contributed by atoms with Crippen LogP contribution in [0.2, 0.25) is 0 Å². The molecule has 4 rings (SSSR count). The number of benzene rings is 1. The molecule has 146 valence electrons. The number of carbonyl (C=O) groups excluding carboxylic acids is 1. The number of rotatable bonds is 4. The second kappa shape index (κ2) is 7.68. The minimum Gasteiger partial charge on any atom is -0.317 e. The third kappa shape index (κ3) is 2.95. The van der Waals surface area contributed by atoms with E-state index in [1.807, 2.05) is 23.3 Å². The summed E-state index contributed by atoms with van der Waals surface area (Å²) in [6.45, 7) is 5.65. The predicted octanol–water partition coefficient (Wildman–Crippen LogP) is 4.17. The van der Waals surface area contributed by atoms with Gasteiger partial charge in [-0.1, -0.05) is 6.08 Å². The van der Waals surface area contributed by atoms with Gasteiger partial charge in [0.05, 0.1) is 11.6 Å². The van der Waals surface area contributed by atoms with Crippen molar-refractivity contribution in [1.29, 1.82) is 0 Å². The molecule has 1 aromatic carbocycles. The molecule has 6 heteroatoms. The Morgan fingerprint density at radius 3 is 2.93 bits per heavy atom. The topological polar surface area (TPSA) is 45.2 Å². The summed E-state index contributed by atoms with van der Waals surface area (Å²) in [6.07, 6.45) is 7.89. The molecule has 1 amide bonds. The molecule has 3 heterocycles. The number of amides is 1. The summed E-state index contributed by atoms with van der Waals surface area (Å²) in [5.74, 6) is -0.331. The van der Waals surface area contributed by atoms with Crippen LogP contribution in [0, 0.1) is 5.82 Å². The number of halogens is 1. The maximum absolute atomic E-state index is 14.2. The Morgan fingerprint density at radius 2 is 2.21 bits per heavy atom. The van der Waals surface area contributed by atoms with Crippen LogP contribution in [0.5, 0.6) is 0 Å². The van der Waals surface area contributed by atoms with Crippen molar-refractivity contribution in [2.45, 2.75) is 35.7 Å². The van der Waals surface area contributed by atoms with E-state index in [0.29, 0.717) is 17.0 Å². The van der Waals surface area contributed by atoms with Gasteiger partial charge in [-0.15, -0.1) is 18.3 Å². The van der Waals surface area contributed by atoms with Gasteiger partial charge in [0.25, 0.3) is 5.91 Å². The summed E-state index contributed by atoms with van der Waals surface area (Å²) in [5.41, 5.74) is 2.10. The van der Waals surface area contributed by atoms with E-state index in [2.05, 4.69) is 16.9 Å². The zero-order valence-corrected chi connectivity index (χ0v) is 16.8. The number of hydrogen-bond acceptors (Lipinski definition) is 4. The molecule has 1 saturated heterocycles. The molecule has 4 nitrogen and oxygen atoms in total. The number of hydrogen-bond donors (Lipinski definition) is 1. The average molecular weight is 398 g/mol. The first-order valence-electron chi connectivity index (χ1n) is 9.56. The number of aromatic nitrogens is 1. The van der Waals surface area contributed by atoms with Crippen LogP contribution in [0.15, 0.2) is 54.2 Å². The maximum Gasteiger partial charge on any atom is 0.261 e. The normalized spacial score (nSPS) is 20.2. The first-order chi connectivity index (χ1) is 13.6. The monoisotopic (exact) mass is 397 g/mol. The van der Waals surface area contributed by atoms with Crippen molar-refractivity contribution in [2.75, 3.05) is 24.2 Å². The Kier molecular flexibility index (Phi) is 5.25. The Hall–Kier alpha value is -2.18. The summed E-state index contributed by atoms with van der Waals surface area (Å²) in [6, 6.07) is 8.36. The highest BCUT2D eigenvalue weighted by Crippen LogP contribution is 2.52. The number of fused-ring (bicyclic) bond motifs is 2. The maximum atomic E-state index is 14.2. The first kappa shape index (κ1) is 19.2. The van der Waals surface area contributed by atoms with Crippen LogP contribution in [0.1, 0.15) is 35.2 Å². The van der Waals surface area contributed by atoms with E-state index in [0.717, 1.165) is 37.2 Å². The van der Waals surface area contributed by atoms with Gasteiger partial charge in [-0.05, 0) is 74.5 Å². The number of anilines is 1. The quantitative estimate of drug-likeness (QED) is 0.621. The zero-order valence-electron chi connectivity index (χ0n) is 16.0. The molecule has 1 fully saturated rings. The minimum absolute atomic E-state index is 0.0763. The summed E-state index contributed by atoms with van der Waals surface area (Å²) in [7, 11) is 0. The molecule has 2 aromatic rings. The van der Waals surface area contributed by atoms with E-state index < -0.39 is 0 Å². The van der Waals surface area contributed by atoms with Crippen LogP contribution in [0.25, 0.3) is 0 Å². The van der Waals surface area contributed by atoms with Gasteiger partial charge >= 0.3 is 0 Å². The third-order valence-corrected chi connectivity index (χ3v) is 6.72. The minimum atomic E-state index is -0.256. The first-order valence-corrected chi connectivity index (χ1v) is 10.8. The van der Waals surface area contributed by atoms with E-state index in [9.17, 15) is 9.18 Å². The van der Waals surface area contributed by atoms with Gasteiger partial charge < -0.3 is 10.2 Å². The largest absolute Gasteiger partial charge is 0.317 e. The second-order valence-electron chi connectivity index (χ2n) is 7.34. The van der Waals surface area contributed by atoms with Crippen LogP contribution in [0.3, 0.4) is 0 Å². The van der Waals surface area contributed by atoms with E-state index in [1.54, 1.807) is 24.4 Å². The highest BCUT2D eigenvalue weighted by atomic mass is 32.2. The standard InChI is InChI=1S/C22H24FN3OS/c1-3-5-19-22(9-12-24-13-10-22)17-14-15(23)7-8-18(17)26(19)21(27)16-6-4-11-25-20(16)28-2/h3-4,6-8,11,14,19,24H,1,5,9-10,12-13H2,2H3. The fourth-order valence-electron chi connectivity index (χ4n) is 4.77. The van der Waals surface area contributed by atoms with Gasteiger partial charge in [-0.3, -0.25) is 4.79 Å². The lowest BCUT2D eigenvalue weighted by atomic mass is 9.69. The van der Waals surface area contributed by atoms with Crippen LogP contribution >= 0.6 is 11.8 Å². The molecule has 1 N–H and O–H groups in total. The molecular formula is C22H24FN3OS. The lowest BCUT2D eigenvalue weighted by Gasteiger charge is -2.41. The van der Waals surface area contributed by atoms with E-state index in [1.165, 1.54) is 17.8 Å². The highest BCUT2D eigenvalue weighted by Gasteiger charge is 2.52. The van der Waals surface area contributed by atoms with Gasteiger partial charge in [-0.2, -0.15) is 0 Å². The molecular weight excluding hydrogens is 373 g/mol. The molecule has 0 bridgehead atoms. The van der Waals surface area contributed by atoms with Crippen LogP contribution in [-0.4, -0.2) is 36.3 Å². The molecule has 1 unspecified atom stereocenters. The van der Waals surface area contributed by atoms with Gasteiger partial charge in [0.1, 0.15) is 10.8 Å². The van der Waals surface area contributed by atoms with Crippen molar-refractivity contribution in [2.24, 2.45) is 0 Å². The van der Waals surface area contributed by atoms with Crippen LogP contribution < -0.4 is 10.2 Å².